The van der Waals surface area contributed by atoms with Crippen LogP contribution in [0, 0.1) is 22.7 Å². The first-order valence-corrected chi connectivity index (χ1v) is 17.9. The molecule has 0 aliphatic carbocycles. The number of nitrogens with one attached hydrogen (secondary N) is 1. The van der Waals surface area contributed by atoms with Crippen LogP contribution in [0.15, 0.2) is 42.6 Å². The second-order valence-corrected chi connectivity index (χ2v) is 19.3. The number of alkyl halides is 3. The van der Waals surface area contributed by atoms with E-state index in [4.69, 9.17) is 9.16 Å². The van der Waals surface area contributed by atoms with Crippen molar-refractivity contribution in [2.75, 3.05) is 23.4 Å². The number of amides is 1. The van der Waals surface area contributed by atoms with E-state index < -0.39 is 37.2 Å². The predicted molar refractivity (Wildman–Crippen MR) is 176 cm³/mol. The molecule has 0 radical (unpaired) electrons. The summed E-state index contributed by atoms with van der Waals surface area (Å²) in [7, 11) is -2.23. The van der Waals surface area contributed by atoms with Gasteiger partial charge in [0.2, 0.25) is 5.95 Å². The van der Waals surface area contributed by atoms with Gasteiger partial charge >= 0.3 is 12.3 Å². The van der Waals surface area contributed by atoms with Crippen LogP contribution < -0.4 is 10.2 Å². The van der Waals surface area contributed by atoms with Gasteiger partial charge in [0.15, 0.2) is 8.32 Å². The molecule has 1 aliphatic rings. The number of hydrogen-bond acceptors (Lipinski definition) is 8. The molecule has 9 nitrogen and oxygen atoms in total. The number of halogens is 3. The van der Waals surface area contributed by atoms with Gasteiger partial charge in [0.1, 0.15) is 11.7 Å². The zero-order valence-electron chi connectivity index (χ0n) is 28.1. The van der Waals surface area contributed by atoms with E-state index in [-0.39, 0.29) is 41.0 Å². The molecule has 47 heavy (non-hydrogen) atoms. The van der Waals surface area contributed by atoms with Gasteiger partial charge in [-0.3, -0.25) is 4.90 Å². The Labute approximate surface area is 274 Å². The molecule has 1 atom stereocenters. The summed E-state index contributed by atoms with van der Waals surface area (Å²) < 4.78 is 53.6. The first-order chi connectivity index (χ1) is 21.6. The topological polar surface area (TPSA) is 124 Å². The third-order valence-electron chi connectivity index (χ3n) is 8.48. The number of fused-ring (bicyclic) bond motifs is 1. The van der Waals surface area contributed by atoms with Crippen molar-refractivity contribution in [1.82, 2.24) is 9.97 Å². The van der Waals surface area contributed by atoms with Gasteiger partial charge in [0, 0.05) is 30.3 Å². The van der Waals surface area contributed by atoms with E-state index in [0.717, 1.165) is 18.2 Å². The minimum Gasteiger partial charge on any atom is -0.443 e. The van der Waals surface area contributed by atoms with E-state index >= 15 is 0 Å². The first kappa shape index (κ1) is 35.4. The van der Waals surface area contributed by atoms with Crippen molar-refractivity contribution < 1.29 is 27.1 Å². The van der Waals surface area contributed by atoms with Gasteiger partial charge in [-0.25, -0.2) is 14.8 Å². The van der Waals surface area contributed by atoms with Crippen molar-refractivity contribution >= 4 is 31.7 Å². The molecular formula is C34H39F3N6O3Si. The molecule has 0 bridgehead atoms. The molecule has 13 heteroatoms. The number of benzene rings is 2. The molecular weight excluding hydrogens is 625 g/mol. The summed E-state index contributed by atoms with van der Waals surface area (Å²) in [6.07, 6.45) is -3.89. The first-order valence-electron chi connectivity index (χ1n) is 15.0. The molecule has 1 N–H and O–H groups in total. The molecule has 3 aromatic rings. The van der Waals surface area contributed by atoms with Gasteiger partial charge in [-0.1, -0.05) is 27.7 Å². The summed E-state index contributed by atoms with van der Waals surface area (Å²) in [4.78, 5) is 23.6. The highest BCUT2D eigenvalue weighted by Crippen LogP contribution is 2.47. The maximum Gasteiger partial charge on any atom is 0.418 e. The number of carbonyl (C=O) groups is 1. The normalized spacial score (nSPS) is 16.7. The Balaban J connectivity index is 1.82. The Morgan fingerprint density at radius 3 is 2.32 bits per heavy atom. The number of hydrogen-bond donors (Lipinski definition) is 1. The Morgan fingerprint density at radius 2 is 1.74 bits per heavy atom. The smallest absolute Gasteiger partial charge is 0.418 e. The SMILES string of the molecule is CC(C)(C)OC(=O)N1C[C@](C)(CO[Si](C)(C)C(C)(C)C)c2cc(-c3ccnc(Nc4cc(C#N)ccc4C(F)(F)F)n3)cc(C#N)c21. The highest BCUT2D eigenvalue weighted by molar-refractivity contribution is 6.74. The molecule has 1 amide bonds. The number of nitrogens with zero attached hydrogens (tertiary/aromatic N) is 5. The molecule has 1 aliphatic heterocycles. The van der Waals surface area contributed by atoms with E-state index in [2.05, 4.69) is 55.2 Å². The Morgan fingerprint density at radius 1 is 1.06 bits per heavy atom. The third-order valence-corrected chi connectivity index (χ3v) is 13.0. The molecule has 4 rings (SSSR count). The second kappa shape index (κ2) is 12.3. The Kier molecular flexibility index (Phi) is 9.25. The maximum atomic E-state index is 13.8. The fourth-order valence-corrected chi connectivity index (χ4v) is 6.06. The van der Waals surface area contributed by atoms with E-state index in [1.165, 1.54) is 11.1 Å². The lowest BCUT2D eigenvalue weighted by Gasteiger charge is -2.39. The summed E-state index contributed by atoms with van der Waals surface area (Å²) in [6, 6.07) is 12.0. The number of aromatic nitrogens is 2. The van der Waals surface area contributed by atoms with E-state index in [1.807, 2.05) is 19.1 Å². The number of nitriles is 2. The van der Waals surface area contributed by atoms with E-state index in [0.29, 0.717) is 22.5 Å². The fraction of sp³-hybridized carbons (Fsp3) is 0.441. The van der Waals surface area contributed by atoms with Crippen LogP contribution in [0.2, 0.25) is 18.1 Å². The Hall–Kier alpha value is -4.46. The van der Waals surface area contributed by atoms with Gasteiger partial charge in [-0.15, -0.1) is 0 Å². The van der Waals surface area contributed by atoms with Crippen LogP contribution >= 0.6 is 0 Å². The lowest BCUT2D eigenvalue weighted by molar-refractivity contribution is -0.136. The van der Waals surface area contributed by atoms with E-state index in [9.17, 15) is 28.5 Å². The van der Waals surface area contributed by atoms with Crippen molar-refractivity contribution in [1.29, 1.82) is 10.5 Å². The highest BCUT2D eigenvalue weighted by Gasteiger charge is 2.47. The summed E-state index contributed by atoms with van der Waals surface area (Å²) in [5.74, 6) is -0.138. The molecule has 0 spiro atoms. The van der Waals surface area contributed by atoms with Crippen molar-refractivity contribution in [3.05, 3.63) is 64.8 Å². The van der Waals surface area contributed by atoms with Crippen LogP contribution in [0.4, 0.5) is 35.3 Å². The van der Waals surface area contributed by atoms with Gasteiger partial charge in [0.05, 0.1) is 39.8 Å². The van der Waals surface area contributed by atoms with Crippen molar-refractivity contribution in [2.24, 2.45) is 0 Å². The van der Waals surface area contributed by atoms with Gasteiger partial charge in [0.25, 0.3) is 0 Å². The van der Waals surface area contributed by atoms with Crippen LogP contribution in [0.3, 0.4) is 0 Å². The molecule has 248 valence electrons. The van der Waals surface area contributed by atoms with Crippen molar-refractivity contribution in [2.45, 2.75) is 83.8 Å². The summed E-state index contributed by atoms with van der Waals surface area (Å²) in [6.45, 7) is 18.4. The zero-order valence-corrected chi connectivity index (χ0v) is 29.1. The Bertz CT molecular complexity index is 1780. The van der Waals surface area contributed by atoms with Gasteiger partial charge in [-0.05, 0) is 80.9 Å². The van der Waals surface area contributed by atoms with Crippen LogP contribution in [0.5, 0.6) is 0 Å². The number of rotatable bonds is 6. The number of carbonyl (C=O) groups excluding carboxylic acids is 1. The summed E-state index contributed by atoms with van der Waals surface area (Å²) in [5.41, 5.74) is -0.699. The molecule has 1 aromatic heterocycles. The molecule has 0 saturated carbocycles. The maximum absolute atomic E-state index is 13.8. The largest absolute Gasteiger partial charge is 0.443 e. The van der Waals surface area contributed by atoms with Crippen molar-refractivity contribution in [3.63, 3.8) is 0 Å². The van der Waals surface area contributed by atoms with Crippen LogP contribution in [0.1, 0.15) is 70.7 Å². The quantitative estimate of drug-likeness (QED) is 0.260. The monoisotopic (exact) mass is 664 g/mol. The van der Waals surface area contributed by atoms with Crippen LogP contribution in [0.25, 0.3) is 11.3 Å². The summed E-state index contributed by atoms with van der Waals surface area (Å²) >= 11 is 0. The molecule has 0 fully saturated rings. The third kappa shape index (κ3) is 7.58. The lowest BCUT2D eigenvalue weighted by atomic mass is 9.83. The minimum absolute atomic E-state index is 0.0303. The zero-order chi connectivity index (χ0) is 35.2. The number of ether oxygens (including phenoxy) is 1. The van der Waals surface area contributed by atoms with Crippen LogP contribution in [-0.4, -0.2) is 43.1 Å². The van der Waals surface area contributed by atoms with E-state index in [1.54, 1.807) is 32.9 Å². The molecule has 2 heterocycles. The summed E-state index contributed by atoms with van der Waals surface area (Å²) in [5, 5.41) is 22.1. The van der Waals surface area contributed by atoms with Gasteiger partial charge in [-0.2, -0.15) is 23.7 Å². The minimum atomic E-state index is -4.69. The lowest BCUT2D eigenvalue weighted by Crippen LogP contribution is -2.46. The highest BCUT2D eigenvalue weighted by atomic mass is 28.4. The second-order valence-electron chi connectivity index (χ2n) is 14.5. The average molecular weight is 665 g/mol. The molecule has 2 aromatic carbocycles. The fourth-order valence-electron chi connectivity index (χ4n) is 4.95. The average Bonchev–Trinajstić information content (AvgIpc) is 3.27. The molecule has 0 saturated heterocycles. The molecule has 0 unspecified atom stereocenters. The standard InChI is InChI=1S/C34H39F3N6O3Si/c1-31(2,3)46-30(44)43-19-33(7,20-45-47(8,9)32(4,5)6)25-16-22(15-23(18-39)28(25)43)26-12-13-40-29(41-26)42-27-14-21(17-38)10-11-24(27)34(35,36)37/h10-16H,19-20H2,1-9H3,(H,40,41,42)/t33-/m1/s1. The number of anilines is 3. The predicted octanol–water partition coefficient (Wildman–Crippen LogP) is 8.68. The van der Waals surface area contributed by atoms with Crippen molar-refractivity contribution in [3.8, 4) is 23.4 Å². The van der Waals surface area contributed by atoms with Crippen LogP contribution in [-0.2, 0) is 20.8 Å². The van der Waals surface area contributed by atoms with Gasteiger partial charge < -0.3 is 14.5 Å².